The highest BCUT2D eigenvalue weighted by Gasteiger charge is 2.27. The zero-order valence-corrected chi connectivity index (χ0v) is 8.28. The van der Waals surface area contributed by atoms with Crippen molar-refractivity contribution in [1.82, 2.24) is 15.0 Å². The van der Waals surface area contributed by atoms with E-state index in [4.69, 9.17) is 5.73 Å². The molecule has 0 atom stereocenters. The summed E-state index contributed by atoms with van der Waals surface area (Å²) in [6, 6.07) is -0.414. The highest BCUT2D eigenvalue weighted by molar-refractivity contribution is 5.20. The molecule has 0 bridgehead atoms. The van der Waals surface area contributed by atoms with Gasteiger partial charge < -0.3 is 15.2 Å². The van der Waals surface area contributed by atoms with Crippen LogP contribution < -0.4 is 15.2 Å². The summed E-state index contributed by atoms with van der Waals surface area (Å²) in [6.45, 7) is -0.587. The lowest BCUT2D eigenvalue weighted by Gasteiger charge is -2.07. The van der Waals surface area contributed by atoms with Gasteiger partial charge in [0.2, 0.25) is 5.95 Å². The first kappa shape index (κ1) is 12.3. The molecular formula is C7H9F3N4O2. The van der Waals surface area contributed by atoms with Gasteiger partial charge in [0, 0.05) is 0 Å². The molecule has 0 saturated carbocycles. The monoisotopic (exact) mass is 238 g/mol. The van der Waals surface area contributed by atoms with E-state index < -0.39 is 19.2 Å². The number of rotatable bonds is 4. The van der Waals surface area contributed by atoms with Crippen LogP contribution in [0, 0.1) is 0 Å². The minimum atomic E-state index is -4.29. The fourth-order valence-electron chi connectivity index (χ4n) is 0.767. The van der Waals surface area contributed by atoms with Crippen LogP contribution in [-0.4, -0.2) is 34.8 Å². The topological polar surface area (TPSA) is 83.2 Å². The number of nitrogen functional groups attached to an aromatic ring is 1. The van der Waals surface area contributed by atoms with Gasteiger partial charge >= 0.3 is 18.2 Å². The van der Waals surface area contributed by atoms with Crippen molar-refractivity contribution in [3.05, 3.63) is 0 Å². The van der Waals surface area contributed by atoms with E-state index in [-0.39, 0.29) is 18.0 Å². The third kappa shape index (κ3) is 4.15. The largest absolute Gasteiger partial charge is 0.467 e. The van der Waals surface area contributed by atoms with Crippen molar-refractivity contribution in [2.45, 2.75) is 12.6 Å². The Bertz CT molecular complexity index is 358. The van der Waals surface area contributed by atoms with Crippen LogP contribution in [0.25, 0.3) is 0 Å². The summed E-state index contributed by atoms with van der Waals surface area (Å²) in [6.07, 6.45) is -5.39. The van der Waals surface area contributed by atoms with Crippen molar-refractivity contribution in [2.24, 2.45) is 0 Å². The maximum atomic E-state index is 11.8. The van der Waals surface area contributed by atoms with E-state index >= 15 is 0 Å². The second-order valence-corrected chi connectivity index (χ2v) is 2.68. The van der Waals surface area contributed by atoms with E-state index in [1.807, 2.05) is 0 Å². The minimum absolute atomic E-state index is 0.116. The van der Waals surface area contributed by atoms with Crippen LogP contribution in [-0.2, 0) is 0 Å². The van der Waals surface area contributed by atoms with Gasteiger partial charge in [0.1, 0.15) is 6.61 Å². The Morgan fingerprint density at radius 3 is 2.38 bits per heavy atom. The Morgan fingerprint density at radius 2 is 1.81 bits per heavy atom. The lowest BCUT2D eigenvalue weighted by atomic mass is 10.4. The summed E-state index contributed by atoms with van der Waals surface area (Å²) in [4.78, 5) is 10.6. The van der Waals surface area contributed by atoms with Gasteiger partial charge in [-0.2, -0.15) is 23.1 Å². The zero-order chi connectivity index (χ0) is 12.2. The molecule has 0 aromatic carbocycles. The van der Waals surface area contributed by atoms with Crippen LogP contribution >= 0.6 is 0 Å². The Kier molecular flexibility index (Phi) is 3.69. The first-order valence-corrected chi connectivity index (χ1v) is 4.16. The van der Waals surface area contributed by atoms with Crippen molar-refractivity contribution >= 4 is 5.95 Å². The van der Waals surface area contributed by atoms with Crippen LogP contribution in [0.15, 0.2) is 0 Å². The molecule has 2 N–H and O–H groups in total. The molecule has 1 rings (SSSR count). The van der Waals surface area contributed by atoms with Gasteiger partial charge in [-0.3, -0.25) is 0 Å². The van der Waals surface area contributed by atoms with Crippen molar-refractivity contribution in [2.75, 3.05) is 19.5 Å². The normalized spacial score (nSPS) is 11.2. The second kappa shape index (κ2) is 4.81. The Hall–Kier alpha value is -1.80. The summed E-state index contributed by atoms with van der Waals surface area (Å²) in [5.74, 6) is -0.186. The maximum absolute atomic E-state index is 11.8. The molecule has 9 heteroatoms. The van der Waals surface area contributed by atoms with Crippen LogP contribution in [0.3, 0.4) is 0 Å². The molecule has 0 aliphatic carbocycles. The first-order valence-electron chi connectivity index (χ1n) is 4.16. The molecule has 0 saturated heterocycles. The third-order valence-electron chi connectivity index (χ3n) is 1.41. The number of hydrogen-bond donors (Lipinski definition) is 1. The van der Waals surface area contributed by atoms with Crippen LogP contribution in [0.2, 0.25) is 0 Å². The van der Waals surface area contributed by atoms with Gasteiger partial charge in [0.05, 0.1) is 13.5 Å². The predicted molar refractivity (Wildman–Crippen MR) is 47.0 cm³/mol. The van der Waals surface area contributed by atoms with Gasteiger partial charge in [-0.05, 0) is 0 Å². The quantitative estimate of drug-likeness (QED) is 0.835. The van der Waals surface area contributed by atoms with Crippen LogP contribution in [0.4, 0.5) is 19.1 Å². The van der Waals surface area contributed by atoms with E-state index in [0.717, 1.165) is 0 Å². The summed E-state index contributed by atoms with van der Waals surface area (Å²) in [5.41, 5.74) is 5.25. The van der Waals surface area contributed by atoms with E-state index in [1.165, 1.54) is 7.11 Å². The maximum Gasteiger partial charge on any atom is 0.392 e. The molecule has 0 radical (unpaired) electrons. The average molecular weight is 238 g/mol. The molecule has 0 aliphatic rings. The number of nitrogens with two attached hydrogens (primary N) is 1. The molecule has 1 heterocycles. The van der Waals surface area contributed by atoms with Gasteiger partial charge in [-0.1, -0.05) is 0 Å². The van der Waals surface area contributed by atoms with Gasteiger partial charge in [-0.15, -0.1) is 4.98 Å². The summed E-state index contributed by atoms with van der Waals surface area (Å²) >= 11 is 0. The Labute approximate surface area is 88.6 Å². The van der Waals surface area contributed by atoms with Crippen LogP contribution in [0.1, 0.15) is 6.42 Å². The molecule has 0 unspecified atom stereocenters. The number of hydrogen-bond acceptors (Lipinski definition) is 6. The number of ether oxygens (including phenoxy) is 2. The minimum Gasteiger partial charge on any atom is -0.467 e. The van der Waals surface area contributed by atoms with E-state index in [1.54, 1.807) is 0 Å². The fraction of sp³-hybridized carbons (Fsp3) is 0.571. The molecular weight excluding hydrogens is 229 g/mol. The summed E-state index contributed by atoms with van der Waals surface area (Å²) < 4.78 is 44.7. The van der Waals surface area contributed by atoms with E-state index in [2.05, 4.69) is 24.4 Å². The zero-order valence-electron chi connectivity index (χ0n) is 8.28. The van der Waals surface area contributed by atoms with Crippen molar-refractivity contribution in [3.63, 3.8) is 0 Å². The van der Waals surface area contributed by atoms with E-state index in [9.17, 15) is 13.2 Å². The molecule has 0 spiro atoms. The number of aromatic nitrogens is 3. The van der Waals surface area contributed by atoms with Crippen molar-refractivity contribution in [3.8, 4) is 12.0 Å². The standard InChI is InChI=1S/C7H9F3N4O2/c1-15-5-12-4(11)13-6(14-5)16-3-2-7(8,9)10/h2-3H2,1H3,(H2,11,12,13,14). The van der Waals surface area contributed by atoms with Crippen molar-refractivity contribution < 1.29 is 22.6 Å². The highest BCUT2D eigenvalue weighted by Crippen LogP contribution is 2.19. The number of halogens is 3. The van der Waals surface area contributed by atoms with Gasteiger partial charge in [-0.25, -0.2) is 0 Å². The number of anilines is 1. The number of nitrogens with zero attached hydrogens (tertiary/aromatic N) is 3. The molecule has 0 amide bonds. The molecule has 16 heavy (non-hydrogen) atoms. The highest BCUT2D eigenvalue weighted by atomic mass is 19.4. The SMILES string of the molecule is COc1nc(N)nc(OCCC(F)(F)F)n1. The molecule has 6 nitrogen and oxygen atoms in total. The summed E-state index contributed by atoms with van der Waals surface area (Å²) in [7, 11) is 1.29. The lowest BCUT2D eigenvalue weighted by Crippen LogP contribution is -2.14. The average Bonchev–Trinajstić information content (AvgIpc) is 2.14. The molecule has 1 aromatic rings. The lowest BCUT2D eigenvalue weighted by molar-refractivity contribution is -0.139. The van der Waals surface area contributed by atoms with E-state index in [0.29, 0.717) is 0 Å². The smallest absolute Gasteiger partial charge is 0.392 e. The Balaban J connectivity index is 2.57. The second-order valence-electron chi connectivity index (χ2n) is 2.68. The number of methoxy groups -OCH3 is 1. The third-order valence-corrected chi connectivity index (χ3v) is 1.41. The molecule has 1 aromatic heterocycles. The Morgan fingerprint density at radius 1 is 1.19 bits per heavy atom. The molecule has 90 valence electrons. The molecule has 0 aliphatic heterocycles. The first-order chi connectivity index (χ1) is 7.40. The van der Waals surface area contributed by atoms with Crippen molar-refractivity contribution in [1.29, 1.82) is 0 Å². The van der Waals surface area contributed by atoms with Crippen LogP contribution in [0.5, 0.6) is 12.0 Å². The predicted octanol–water partition coefficient (Wildman–Crippen LogP) is 0.794. The van der Waals surface area contributed by atoms with Gasteiger partial charge in [0.15, 0.2) is 0 Å². The summed E-state index contributed by atoms with van der Waals surface area (Å²) in [5, 5.41) is 0. The molecule has 0 fully saturated rings. The fourth-order valence-corrected chi connectivity index (χ4v) is 0.767. The number of alkyl halides is 3. The van der Waals surface area contributed by atoms with Gasteiger partial charge in [0.25, 0.3) is 0 Å².